The molecule has 68 valence electrons. The molecule has 0 aliphatic carbocycles. The third kappa shape index (κ3) is 1.16. The lowest BCUT2D eigenvalue weighted by molar-refractivity contribution is 0.153. The molecule has 2 amide bonds. The third-order valence-corrected chi connectivity index (χ3v) is 2.93. The van der Waals surface area contributed by atoms with Crippen LogP contribution in [0.4, 0.5) is 4.79 Å². The third-order valence-electron chi connectivity index (χ3n) is 2.93. The van der Waals surface area contributed by atoms with Crippen molar-refractivity contribution in [3.05, 3.63) is 0 Å². The van der Waals surface area contributed by atoms with Crippen LogP contribution in [-0.2, 0) is 4.74 Å². The second kappa shape index (κ2) is 2.62. The number of hydrogen-bond donors (Lipinski definition) is 1. The number of primary amides is 1. The largest absolute Gasteiger partial charge is 0.381 e. The van der Waals surface area contributed by atoms with Crippen LogP contribution in [0.3, 0.4) is 0 Å². The number of urea groups is 1. The highest BCUT2D eigenvalue weighted by molar-refractivity contribution is 5.72. The van der Waals surface area contributed by atoms with Crippen molar-refractivity contribution in [3.8, 4) is 0 Å². The van der Waals surface area contributed by atoms with Gasteiger partial charge in [0.1, 0.15) is 0 Å². The predicted molar refractivity (Wildman–Crippen MR) is 43.6 cm³/mol. The number of nitrogens with zero attached hydrogens (tertiary/aromatic N) is 1. The van der Waals surface area contributed by atoms with Crippen LogP contribution in [-0.4, -0.2) is 37.2 Å². The maximum atomic E-state index is 10.8. The Morgan fingerprint density at radius 3 is 2.83 bits per heavy atom. The number of carbonyl (C=O) groups is 1. The lowest BCUT2D eigenvalue weighted by Gasteiger charge is -2.20. The molecule has 0 aromatic carbocycles. The van der Waals surface area contributed by atoms with E-state index in [1.807, 2.05) is 0 Å². The highest BCUT2D eigenvalue weighted by Crippen LogP contribution is 2.37. The van der Waals surface area contributed by atoms with E-state index in [4.69, 9.17) is 10.5 Å². The van der Waals surface area contributed by atoms with Gasteiger partial charge in [0, 0.05) is 25.1 Å². The normalized spacial score (nSPS) is 34.8. The molecule has 4 nitrogen and oxygen atoms in total. The van der Waals surface area contributed by atoms with Gasteiger partial charge in [0.2, 0.25) is 0 Å². The molecular weight excluding hydrogens is 156 g/mol. The number of rotatable bonds is 0. The van der Waals surface area contributed by atoms with E-state index < -0.39 is 0 Å². The number of carbonyl (C=O) groups excluding carboxylic acids is 1. The Bertz CT molecular complexity index is 199. The molecule has 0 bridgehead atoms. The van der Waals surface area contributed by atoms with Crippen molar-refractivity contribution < 1.29 is 9.53 Å². The van der Waals surface area contributed by atoms with Gasteiger partial charge < -0.3 is 15.4 Å². The quantitative estimate of drug-likeness (QED) is 0.563. The van der Waals surface area contributed by atoms with Crippen molar-refractivity contribution in [1.29, 1.82) is 0 Å². The first-order valence-corrected chi connectivity index (χ1v) is 4.34. The van der Waals surface area contributed by atoms with Gasteiger partial charge in [0.15, 0.2) is 0 Å². The Labute approximate surface area is 71.7 Å². The van der Waals surface area contributed by atoms with Gasteiger partial charge in [-0.05, 0) is 12.8 Å². The first kappa shape index (κ1) is 7.86. The smallest absolute Gasteiger partial charge is 0.314 e. The number of amides is 2. The maximum Gasteiger partial charge on any atom is 0.314 e. The summed E-state index contributed by atoms with van der Waals surface area (Å²) >= 11 is 0. The zero-order valence-corrected chi connectivity index (χ0v) is 7.08. The van der Waals surface area contributed by atoms with Crippen LogP contribution < -0.4 is 5.73 Å². The number of ether oxygens (including phenoxy) is 1. The van der Waals surface area contributed by atoms with Gasteiger partial charge in [-0.15, -0.1) is 0 Å². The molecule has 2 saturated heterocycles. The number of likely N-dealkylation sites (tertiary alicyclic amines) is 1. The van der Waals surface area contributed by atoms with Gasteiger partial charge in [-0.3, -0.25) is 0 Å². The molecule has 2 aliphatic rings. The fourth-order valence-electron chi connectivity index (χ4n) is 2.09. The zero-order chi connectivity index (χ0) is 8.60. The van der Waals surface area contributed by atoms with Crippen LogP contribution in [0.15, 0.2) is 0 Å². The SMILES string of the molecule is NC(=O)N1CCC2(CCOC2)C1. The average Bonchev–Trinajstić information content (AvgIpc) is 2.62. The second-order valence-electron chi connectivity index (χ2n) is 3.81. The molecule has 1 atom stereocenters. The average molecular weight is 170 g/mol. The summed E-state index contributed by atoms with van der Waals surface area (Å²) in [6, 6.07) is -0.293. The first-order chi connectivity index (χ1) is 5.72. The van der Waals surface area contributed by atoms with Crippen molar-refractivity contribution in [1.82, 2.24) is 4.90 Å². The topological polar surface area (TPSA) is 55.6 Å². The van der Waals surface area contributed by atoms with Crippen molar-refractivity contribution in [2.24, 2.45) is 11.1 Å². The summed E-state index contributed by atoms with van der Waals surface area (Å²) in [5, 5.41) is 0. The van der Waals surface area contributed by atoms with E-state index in [9.17, 15) is 4.79 Å². The second-order valence-corrected chi connectivity index (χ2v) is 3.81. The zero-order valence-electron chi connectivity index (χ0n) is 7.08. The van der Waals surface area contributed by atoms with E-state index in [1.165, 1.54) is 0 Å². The Kier molecular flexibility index (Phi) is 1.72. The molecular formula is C8H14N2O2. The monoisotopic (exact) mass is 170 g/mol. The van der Waals surface area contributed by atoms with E-state index in [0.29, 0.717) is 0 Å². The van der Waals surface area contributed by atoms with Crippen LogP contribution in [0.25, 0.3) is 0 Å². The molecule has 0 aromatic rings. The minimum atomic E-state index is -0.293. The minimum Gasteiger partial charge on any atom is -0.381 e. The van der Waals surface area contributed by atoms with Gasteiger partial charge in [-0.25, -0.2) is 4.79 Å². The molecule has 1 spiro atoms. The lowest BCUT2D eigenvalue weighted by atomic mass is 9.87. The van der Waals surface area contributed by atoms with Crippen LogP contribution >= 0.6 is 0 Å². The molecule has 2 fully saturated rings. The van der Waals surface area contributed by atoms with Crippen LogP contribution in [0.5, 0.6) is 0 Å². The highest BCUT2D eigenvalue weighted by Gasteiger charge is 2.42. The van der Waals surface area contributed by atoms with Gasteiger partial charge in [-0.1, -0.05) is 0 Å². The summed E-state index contributed by atoms with van der Waals surface area (Å²) < 4.78 is 5.33. The van der Waals surface area contributed by atoms with Crippen molar-refractivity contribution in [3.63, 3.8) is 0 Å². The fourth-order valence-corrected chi connectivity index (χ4v) is 2.09. The van der Waals surface area contributed by atoms with Crippen LogP contribution in [0.1, 0.15) is 12.8 Å². The molecule has 1 unspecified atom stereocenters. The molecule has 2 heterocycles. The fraction of sp³-hybridized carbons (Fsp3) is 0.875. The Morgan fingerprint density at radius 1 is 1.50 bits per heavy atom. The summed E-state index contributed by atoms with van der Waals surface area (Å²) in [6.07, 6.45) is 2.13. The standard InChI is InChI=1S/C8H14N2O2/c9-7(11)10-3-1-8(5-10)2-4-12-6-8/h1-6H2,(H2,9,11). The molecule has 0 saturated carbocycles. The van der Waals surface area contributed by atoms with Gasteiger partial charge in [-0.2, -0.15) is 0 Å². The predicted octanol–water partition coefficient (Wildman–Crippen LogP) is 0.177. The molecule has 4 heteroatoms. The number of hydrogen-bond acceptors (Lipinski definition) is 2. The van der Waals surface area contributed by atoms with Gasteiger partial charge in [0.05, 0.1) is 6.61 Å². The molecule has 2 aliphatic heterocycles. The lowest BCUT2D eigenvalue weighted by Crippen LogP contribution is -2.36. The van der Waals surface area contributed by atoms with Crippen LogP contribution in [0.2, 0.25) is 0 Å². The summed E-state index contributed by atoms with van der Waals surface area (Å²) in [6.45, 7) is 3.24. The van der Waals surface area contributed by atoms with Crippen molar-refractivity contribution in [2.45, 2.75) is 12.8 Å². The van der Waals surface area contributed by atoms with Crippen molar-refractivity contribution >= 4 is 6.03 Å². The Hall–Kier alpha value is -0.770. The van der Waals surface area contributed by atoms with Crippen molar-refractivity contribution in [2.75, 3.05) is 26.3 Å². The maximum absolute atomic E-state index is 10.8. The molecule has 2 N–H and O–H groups in total. The van der Waals surface area contributed by atoms with Gasteiger partial charge >= 0.3 is 6.03 Å². The van der Waals surface area contributed by atoms with E-state index in [0.717, 1.165) is 39.1 Å². The summed E-state index contributed by atoms with van der Waals surface area (Å²) in [7, 11) is 0. The first-order valence-electron chi connectivity index (χ1n) is 4.34. The highest BCUT2D eigenvalue weighted by atomic mass is 16.5. The summed E-state index contributed by atoms with van der Waals surface area (Å²) in [4.78, 5) is 12.6. The van der Waals surface area contributed by atoms with E-state index in [-0.39, 0.29) is 11.4 Å². The molecule has 2 rings (SSSR count). The van der Waals surface area contributed by atoms with E-state index >= 15 is 0 Å². The Balaban J connectivity index is 2.01. The van der Waals surface area contributed by atoms with Gasteiger partial charge in [0.25, 0.3) is 0 Å². The summed E-state index contributed by atoms with van der Waals surface area (Å²) in [5.74, 6) is 0. The summed E-state index contributed by atoms with van der Waals surface area (Å²) in [5.41, 5.74) is 5.44. The van der Waals surface area contributed by atoms with Crippen LogP contribution in [0, 0.1) is 5.41 Å². The molecule has 0 aromatic heterocycles. The van der Waals surface area contributed by atoms with E-state index in [1.54, 1.807) is 4.90 Å². The number of nitrogens with two attached hydrogens (primary N) is 1. The molecule has 12 heavy (non-hydrogen) atoms. The minimum absolute atomic E-state index is 0.245. The Morgan fingerprint density at radius 2 is 2.33 bits per heavy atom. The molecule has 0 radical (unpaired) electrons. The van der Waals surface area contributed by atoms with E-state index in [2.05, 4.69) is 0 Å².